The lowest BCUT2D eigenvalue weighted by molar-refractivity contribution is -0.883. The average molecular weight is 533 g/mol. The molecule has 0 rings (SSSR count). The average Bonchev–Trinajstić information content (AvgIpc) is 2.79. The summed E-state index contributed by atoms with van der Waals surface area (Å²) in [6, 6.07) is 0. The van der Waals surface area contributed by atoms with E-state index < -0.39 is 5.85 Å². The molecule has 6 heteroatoms. The van der Waals surface area contributed by atoms with E-state index in [1.165, 1.54) is 89.9 Å². The molecule has 1 N–H and O–H groups in total. The van der Waals surface area contributed by atoms with Gasteiger partial charge in [-0.15, -0.1) is 0 Å². The van der Waals surface area contributed by atoms with Gasteiger partial charge in [0.05, 0.1) is 21.1 Å². The zero-order valence-electron chi connectivity index (χ0n) is 24.0. The molecule has 0 amide bonds. The number of carbonyl (C=O) groups excluding carboxylic acids is 2. The summed E-state index contributed by atoms with van der Waals surface area (Å²) in [6.07, 6.45) is 23.6. The number of aliphatic hydroxyl groups excluding tert-OH is 1. The molecule has 0 spiro atoms. The minimum atomic E-state index is -0.702. The van der Waals surface area contributed by atoms with Crippen LogP contribution < -0.4 is 0 Å². The van der Waals surface area contributed by atoms with E-state index in [-0.39, 0.29) is 34.0 Å². The summed E-state index contributed by atoms with van der Waals surface area (Å²) < 4.78 is 0.529. The summed E-state index contributed by atoms with van der Waals surface area (Å²) in [5.41, 5.74) is 0.441. The summed E-state index contributed by atoms with van der Waals surface area (Å²) >= 11 is 0. The number of unbranched alkanes of at least 4 members (excludes halogenated alkanes) is 16. The molecule has 0 fully saturated rings. The fourth-order valence-corrected chi connectivity index (χ4v) is 7.39. The van der Waals surface area contributed by atoms with Gasteiger partial charge in [-0.1, -0.05) is 117 Å². The molecule has 208 valence electrons. The third-order valence-electron chi connectivity index (χ3n) is 6.77. The first-order valence-corrected chi connectivity index (χ1v) is 17.0. The molecule has 0 aliphatic rings. The number of hydrogen-bond donors (Lipinski definition) is 1. The van der Waals surface area contributed by atoms with Gasteiger partial charge in [0, 0.05) is 21.4 Å². The van der Waals surface area contributed by atoms with Gasteiger partial charge in [-0.25, -0.2) is 0 Å². The summed E-state index contributed by atoms with van der Waals surface area (Å²) in [4.78, 5) is 25.2. The molecule has 0 aliphatic carbocycles. The Hall–Kier alpha value is 0.120. The highest BCUT2D eigenvalue weighted by atomic mass is 31.1. The van der Waals surface area contributed by atoms with E-state index in [1.54, 1.807) is 0 Å². The van der Waals surface area contributed by atoms with Crippen LogP contribution in [0.2, 0.25) is 0 Å². The first-order chi connectivity index (χ1) is 16.7. The minimum Gasteiger partial charge on any atom is -0.382 e. The summed E-state index contributed by atoms with van der Waals surface area (Å²) in [7, 11) is 6.07. The van der Waals surface area contributed by atoms with Crippen LogP contribution in [0.4, 0.5) is 0 Å². The van der Waals surface area contributed by atoms with E-state index >= 15 is 0 Å². The summed E-state index contributed by atoms with van der Waals surface area (Å²) in [5.74, 6) is -0.877. The Bertz CT molecular complexity index is 523. The number of rotatable bonds is 26. The smallest absolute Gasteiger partial charge is 0.157 e. The van der Waals surface area contributed by atoms with Crippen LogP contribution in [0, 0.1) is 0 Å². The SMILES string of the molecule is CCCCCCCCCCCC(=O)PC(O)C(PC(=O)CCCCCCCCCCC)[N+](C)(C)C. The number of aliphatic hydroxyl groups is 1. The van der Waals surface area contributed by atoms with Gasteiger partial charge in [0.1, 0.15) is 11.6 Å². The zero-order chi connectivity index (χ0) is 26.4. The fraction of sp³-hybridized carbons (Fsp3) is 0.931. The van der Waals surface area contributed by atoms with Crippen molar-refractivity contribution in [1.82, 2.24) is 0 Å². The Morgan fingerprint density at radius 2 is 0.886 bits per heavy atom. The van der Waals surface area contributed by atoms with Crippen molar-refractivity contribution in [2.45, 2.75) is 154 Å². The Kier molecular flexibility index (Phi) is 23.3. The van der Waals surface area contributed by atoms with Gasteiger partial charge in [0.25, 0.3) is 0 Å². The molecule has 0 aliphatic heterocycles. The van der Waals surface area contributed by atoms with Crippen LogP contribution in [0.1, 0.15) is 142 Å². The Morgan fingerprint density at radius 1 is 0.571 bits per heavy atom. The number of quaternary nitrogens is 1. The zero-order valence-corrected chi connectivity index (χ0v) is 26.0. The molecule has 35 heavy (non-hydrogen) atoms. The first-order valence-electron chi connectivity index (χ1n) is 14.8. The van der Waals surface area contributed by atoms with E-state index in [9.17, 15) is 14.7 Å². The standard InChI is InChI=1S/C29H60NO3P2/c1-6-8-10-12-14-16-18-20-22-24-26(31)34-28(30(3,4)5)29(33)35-27(32)25-23-21-19-17-15-13-11-9-7-2/h28-29,33-35H,6-25H2,1-5H3/q+1. The maximum atomic E-state index is 12.7. The minimum absolute atomic E-state index is 0.0800. The van der Waals surface area contributed by atoms with Crippen LogP contribution in [0.3, 0.4) is 0 Å². The molecule has 0 heterocycles. The topological polar surface area (TPSA) is 54.4 Å². The van der Waals surface area contributed by atoms with Crippen molar-refractivity contribution in [3.8, 4) is 0 Å². The summed E-state index contributed by atoms with van der Waals surface area (Å²) in [6.45, 7) is 4.49. The third kappa shape index (κ3) is 21.9. The lowest BCUT2D eigenvalue weighted by Gasteiger charge is -2.36. The molecule has 0 saturated carbocycles. The highest BCUT2D eigenvalue weighted by Crippen LogP contribution is 2.38. The highest BCUT2D eigenvalue weighted by molar-refractivity contribution is 7.62. The van der Waals surface area contributed by atoms with Crippen LogP contribution >= 0.6 is 17.2 Å². The van der Waals surface area contributed by atoms with E-state index in [0.717, 1.165) is 25.7 Å². The Morgan fingerprint density at radius 3 is 1.23 bits per heavy atom. The van der Waals surface area contributed by atoms with Crippen LogP contribution in [0.25, 0.3) is 0 Å². The van der Waals surface area contributed by atoms with Gasteiger partial charge in [-0.2, -0.15) is 0 Å². The van der Waals surface area contributed by atoms with E-state index in [4.69, 9.17) is 0 Å². The molecule has 0 aromatic rings. The second-order valence-electron chi connectivity index (χ2n) is 11.3. The maximum Gasteiger partial charge on any atom is 0.157 e. The van der Waals surface area contributed by atoms with Crippen molar-refractivity contribution in [2.75, 3.05) is 21.1 Å². The third-order valence-corrected chi connectivity index (χ3v) is 10.2. The van der Waals surface area contributed by atoms with Gasteiger partial charge in [-0.05, 0) is 21.4 Å². The molecular weight excluding hydrogens is 472 g/mol. The van der Waals surface area contributed by atoms with Gasteiger partial charge < -0.3 is 9.59 Å². The fourth-order valence-electron chi connectivity index (χ4n) is 4.44. The maximum absolute atomic E-state index is 12.7. The van der Waals surface area contributed by atoms with Crippen molar-refractivity contribution in [1.29, 1.82) is 0 Å². The van der Waals surface area contributed by atoms with Crippen molar-refractivity contribution in [2.24, 2.45) is 0 Å². The second-order valence-corrected chi connectivity index (χ2v) is 14.2. The largest absolute Gasteiger partial charge is 0.382 e. The molecule has 0 radical (unpaired) electrons. The molecule has 0 aromatic heterocycles. The van der Waals surface area contributed by atoms with E-state index in [2.05, 4.69) is 13.8 Å². The highest BCUT2D eigenvalue weighted by Gasteiger charge is 2.34. The normalized spacial score (nSPS) is 14.3. The summed E-state index contributed by atoms with van der Waals surface area (Å²) in [5, 5.41) is 10.9. The molecule has 0 aromatic carbocycles. The van der Waals surface area contributed by atoms with E-state index in [0.29, 0.717) is 17.3 Å². The Labute approximate surface area is 222 Å². The molecule has 4 atom stereocenters. The van der Waals surface area contributed by atoms with Crippen molar-refractivity contribution < 1.29 is 19.2 Å². The van der Waals surface area contributed by atoms with Gasteiger partial charge in [0.15, 0.2) is 11.0 Å². The first kappa shape index (κ1) is 35.1. The number of likely N-dealkylation sites (N-methyl/N-ethyl adjacent to an activating group) is 1. The van der Waals surface area contributed by atoms with Crippen molar-refractivity contribution in [3.05, 3.63) is 0 Å². The van der Waals surface area contributed by atoms with Crippen LogP contribution in [0.15, 0.2) is 0 Å². The number of hydrogen-bond acceptors (Lipinski definition) is 3. The predicted octanol–water partition coefficient (Wildman–Crippen LogP) is 8.59. The van der Waals surface area contributed by atoms with E-state index in [1.807, 2.05) is 21.1 Å². The van der Waals surface area contributed by atoms with Crippen molar-refractivity contribution >= 4 is 28.2 Å². The lowest BCUT2D eigenvalue weighted by atomic mass is 10.1. The molecular formula is C29H60NO3P2+. The quantitative estimate of drug-likeness (QED) is 0.0689. The van der Waals surface area contributed by atoms with Crippen LogP contribution in [-0.2, 0) is 9.59 Å². The number of carbonyl (C=O) groups is 2. The molecule has 0 saturated heterocycles. The second kappa shape index (κ2) is 23.3. The van der Waals surface area contributed by atoms with Crippen LogP contribution in [-0.4, -0.2) is 53.4 Å². The number of nitrogens with zero attached hydrogens (tertiary/aromatic N) is 1. The van der Waals surface area contributed by atoms with Gasteiger partial charge >= 0.3 is 0 Å². The Balaban J connectivity index is 4.11. The van der Waals surface area contributed by atoms with Gasteiger partial charge in [0.2, 0.25) is 0 Å². The molecule has 4 unspecified atom stereocenters. The predicted molar refractivity (Wildman–Crippen MR) is 158 cm³/mol. The monoisotopic (exact) mass is 532 g/mol. The van der Waals surface area contributed by atoms with Crippen molar-refractivity contribution in [3.63, 3.8) is 0 Å². The van der Waals surface area contributed by atoms with Gasteiger partial charge in [-0.3, -0.25) is 9.59 Å². The molecule has 0 bridgehead atoms. The lowest BCUT2D eigenvalue weighted by Crippen LogP contribution is -2.48. The molecule has 4 nitrogen and oxygen atoms in total. The van der Waals surface area contributed by atoms with Crippen LogP contribution in [0.5, 0.6) is 0 Å².